The first-order valence-electron chi connectivity index (χ1n) is 5.74. The Kier molecular flexibility index (Phi) is 5.13. The van der Waals surface area contributed by atoms with Crippen molar-refractivity contribution in [2.75, 3.05) is 6.61 Å². The first-order valence-corrected chi connectivity index (χ1v) is 6.62. The minimum atomic E-state index is -0.625. The zero-order valence-corrected chi connectivity index (χ0v) is 11.6. The molecule has 18 heavy (non-hydrogen) atoms. The molecule has 0 aromatic heterocycles. The number of hydrogen-bond donors (Lipinski definition) is 2. The SMILES string of the molecule is CC(C)(C)C(N)C(CO)Sc1ccc(F)cc1F. The lowest BCUT2D eigenvalue weighted by Crippen LogP contribution is -2.45. The fraction of sp³-hybridized carbons (Fsp3) is 0.538. The minimum absolute atomic E-state index is 0.153. The maximum Gasteiger partial charge on any atom is 0.139 e. The van der Waals surface area contributed by atoms with E-state index in [1.165, 1.54) is 12.1 Å². The molecule has 0 heterocycles. The Bertz CT molecular complexity index is 406. The van der Waals surface area contributed by atoms with Gasteiger partial charge < -0.3 is 10.8 Å². The molecule has 0 spiro atoms. The number of aliphatic hydroxyl groups excluding tert-OH is 1. The number of benzene rings is 1. The molecule has 0 amide bonds. The van der Waals surface area contributed by atoms with Crippen molar-refractivity contribution in [1.29, 1.82) is 0 Å². The summed E-state index contributed by atoms with van der Waals surface area (Å²) in [5, 5.41) is 9.04. The van der Waals surface area contributed by atoms with Crippen LogP contribution in [-0.4, -0.2) is 23.0 Å². The molecule has 2 nitrogen and oxygen atoms in total. The number of thioether (sulfide) groups is 1. The van der Waals surface area contributed by atoms with Gasteiger partial charge in [0.1, 0.15) is 11.6 Å². The molecule has 0 fully saturated rings. The molecular weight excluding hydrogens is 256 g/mol. The Balaban J connectivity index is 2.86. The van der Waals surface area contributed by atoms with E-state index in [1.807, 2.05) is 20.8 Å². The van der Waals surface area contributed by atoms with Crippen LogP contribution in [0.4, 0.5) is 8.78 Å². The molecule has 0 saturated heterocycles. The van der Waals surface area contributed by atoms with Gasteiger partial charge in [0.15, 0.2) is 0 Å². The van der Waals surface area contributed by atoms with E-state index < -0.39 is 11.6 Å². The second-order valence-corrected chi connectivity index (χ2v) is 6.59. The Morgan fingerprint density at radius 1 is 1.33 bits per heavy atom. The molecule has 0 radical (unpaired) electrons. The Hall–Kier alpha value is -0.650. The highest BCUT2D eigenvalue weighted by Crippen LogP contribution is 2.32. The van der Waals surface area contributed by atoms with Crippen LogP contribution in [0, 0.1) is 17.0 Å². The van der Waals surface area contributed by atoms with Crippen molar-refractivity contribution in [1.82, 2.24) is 0 Å². The number of nitrogens with two attached hydrogens (primary N) is 1. The first-order chi connectivity index (χ1) is 8.25. The zero-order valence-electron chi connectivity index (χ0n) is 10.8. The van der Waals surface area contributed by atoms with E-state index >= 15 is 0 Å². The Morgan fingerprint density at radius 3 is 2.39 bits per heavy atom. The zero-order chi connectivity index (χ0) is 13.9. The van der Waals surface area contributed by atoms with Crippen molar-refractivity contribution >= 4 is 11.8 Å². The average Bonchev–Trinajstić information content (AvgIpc) is 2.26. The molecule has 0 aliphatic rings. The smallest absolute Gasteiger partial charge is 0.139 e. The molecule has 1 rings (SSSR count). The van der Waals surface area contributed by atoms with Crippen LogP contribution in [0.3, 0.4) is 0 Å². The van der Waals surface area contributed by atoms with Crippen LogP contribution in [0.1, 0.15) is 20.8 Å². The van der Waals surface area contributed by atoms with Gasteiger partial charge in [-0.15, -0.1) is 11.8 Å². The Morgan fingerprint density at radius 2 is 1.94 bits per heavy atom. The fourth-order valence-electron chi connectivity index (χ4n) is 1.52. The lowest BCUT2D eigenvalue weighted by atomic mass is 9.85. The van der Waals surface area contributed by atoms with E-state index in [4.69, 9.17) is 5.73 Å². The molecule has 2 unspecified atom stereocenters. The standard InChI is InChI=1S/C13H19F2NOS/c1-13(2,3)12(16)11(7-17)18-10-5-4-8(14)6-9(10)15/h4-6,11-12,17H,7,16H2,1-3H3. The number of hydrogen-bond acceptors (Lipinski definition) is 3. The summed E-state index contributed by atoms with van der Waals surface area (Å²) in [6.45, 7) is 5.73. The van der Waals surface area contributed by atoms with Crippen molar-refractivity contribution in [3.05, 3.63) is 29.8 Å². The molecule has 5 heteroatoms. The van der Waals surface area contributed by atoms with Crippen LogP contribution in [0.5, 0.6) is 0 Å². The van der Waals surface area contributed by atoms with Crippen LogP contribution >= 0.6 is 11.8 Å². The van der Waals surface area contributed by atoms with Gasteiger partial charge in [-0.2, -0.15) is 0 Å². The van der Waals surface area contributed by atoms with Crippen molar-refractivity contribution in [2.24, 2.45) is 11.1 Å². The summed E-state index contributed by atoms with van der Waals surface area (Å²) in [5.74, 6) is -1.24. The van der Waals surface area contributed by atoms with Crippen LogP contribution in [0.25, 0.3) is 0 Å². The van der Waals surface area contributed by atoms with Crippen molar-refractivity contribution < 1.29 is 13.9 Å². The molecule has 1 aromatic carbocycles. The van der Waals surface area contributed by atoms with Gasteiger partial charge in [0.25, 0.3) is 0 Å². The predicted molar refractivity (Wildman–Crippen MR) is 70.5 cm³/mol. The summed E-state index contributed by atoms with van der Waals surface area (Å²) < 4.78 is 26.3. The Labute approximate surface area is 111 Å². The largest absolute Gasteiger partial charge is 0.395 e. The maximum atomic E-state index is 13.5. The number of halogens is 2. The molecular formula is C13H19F2NOS. The molecule has 102 valence electrons. The van der Waals surface area contributed by atoms with E-state index in [0.29, 0.717) is 4.90 Å². The molecule has 0 saturated carbocycles. The first kappa shape index (κ1) is 15.4. The highest BCUT2D eigenvalue weighted by Gasteiger charge is 2.29. The second kappa shape index (κ2) is 5.99. The minimum Gasteiger partial charge on any atom is -0.395 e. The van der Waals surface area contributed by atoms with Crippen LogP contribution in [0.2, 0.25) is 0 Å². The van der Waals surface area contributed by atoms with E-state index in [-0.39, 0.29) is 23.3 Å². The lowest BCUT2D eigenvalue weighted by molar-refractivity contribution is 0.233. The molecule has 3 N–H and O–H groups in total. The average molecular weight is 275 g/mol. The van der Waals surface area contributed by atoms with Crippen LogP contribution in [0.15, 0.2) is 23.1 Å². The third kappa shape index (κ3) is 3.93. The second-order valence-electron chi connectivity index (χ2n) is 5.31. The van der Waals surface area contributed by atoms with E-state index in [0.717, 1.165) is 17.8 Å². The van der Waals surface area contributed by atoms with Gasteiger partial charge in [0.05, 0.1) is 6.61 Å². The van der Waals surface area contributed by atoms with Crippen LogP contribution in [-0.2, 0) is 0 Å². The highest BCUT2D eigenvalue weighted by atomic mass is 32.2. The third-order valence-corrected chi connectivity index (χ3v) is 4.08. The monoisotopic (exact) mass is 275 g/mol. The quantitative estimate of drug-likeness (QED) is 0.831. The van der Waals surface area contributed by atoms with Gasteiger partial charge in [0, 0.05) is 22.3 Å². The molecule has 0 aliphatic heterocycles. The third-order valence-electron chi connectivity index (χ3n) is 2.75. The van der Waals surface area contributed by atoms with E-state index in [9.17, 15) is 13.9 Å². The van der Waals surface area contributed by atoms with Gasteiger partial charge >= 0.3 is 0 Å². The summed E-state index contributed by atoms with van der Waals surface area (Å²) in [6.07, 6.45) is 0. The summed E-state index contributed by atoms with van der Waals surface area (Å²) >= 11 is 1.14. The number of rotatable bonds is 4. The molecule has 2 atom stereocenters. The molecule has 0 aliphatic carbocycles. The van der Waals surface area contributed by atoms with Crippen molar-refractivity contribution in [3.8, 4) is 0 Å². The maximum absolute atomic E-state index is 13.5. The van der Waals surface area contributed by atoms with Gasteiger partial charge in [-0.1, -0.05) is 20.8 Å². The topological polar surface area (TPSA) is 46.2 Å². The number of aliphatic hydroxyl groups is 1. The predicted octanol–water partition coefficient (Wildman–Crippen LogP) is 2.79. The normalized spacial score (nSPS) is 15.5. The van der Waals surface area contributed by atoms with E-state index in [1.54, 1.807) is 0 Å². The van der Waals surface area contributed by atoms with Gasteiger partial charge in [-0.05, 0) is 17.5 Å². The van der Waals surface area contributed by atoms with Crippen LogP contribution < -0.4 is 5.73 Å². The lowest BCUT2D eigenvalue weighted by Gasteiger charge is -2.32. The summed E-state index contributed by atoms with van der Waals surface area (Å²) in [5.41, 5.74) is 5.86. The van der Waals surface area contributed by atoms with E-state index in [2.05, 4.69) is 0 Å². The summed E-state index contributed by atoms with van der Waals surface area (Å²) in [6, 6.07) is 3.10. The van der Waals surface area contributed by atoms with Gasteiger partial charge in [-0.3, -0.25) is 0 Å². The van der Waals surface area contributed by atoms with Crippen molar-refractivity contribution in [3.63, 3.8) is 0 Å². The summed E-state index contributed by atoms with van der Waals surface area (Å²) in [7, 11) is 0. The van der Waals surface area contributed by atoms with Gasteiger partial charge in [0.2, 0.25) is 0 Å². The fourth-order valence-corrected chi connectivity index (χ4v) is 2.79. The summed E-state index contributed by atoms with van der Waals surface area (Å²) in [4.78, 5) is 0.301. The van der Waals surface area contributed by atoms with Crippen molar-refractivity contribution in [2.45, 2.75) is 37.0 Å². The van der Waals surface area contributed by atoms with Gasteiger partial charge in [-0.25, -0.2) is 8.78 Å². The highest BCUT2D eigenvalue weighted by molar-refractivity contribution is 8.00. The molecule has 0 bridgehead atoms. The molecule has 1 aromatic rings.